The molecule has 0 aliphatic carbocycles. The number of aryl methyl sites for hydroxylation is 2. The monoisotopic (exact) mass is 316 g/mol. The van der Waals surface area contributed by atoms with E-state index in [2.05, 4.69) is 36.6 Å². The second-order valence-electron chi connectivity index (χ2n) is 5.36. The van der Waals surface area contributed by atoms with Gasteiger partial charge in [0.25, 0.3) is 0 Å². The maximum atomic E-state index is 11.9. The molecule has 22 heavy (non-hydrogen) atoms. The van der Waals surface area contributed by atoms with Gasteiger partial charge in [-0.05, 0) is 37.1 Å². The van der Waals surface area contributed by atoms with E-state index in [9.17, 15) is 4.79 Å². The van der Waals surface area contributed by atoms with Crippen molar-refractivity contribution in [1.29, 1.82) is 0 Å². The number of benzene rings is 2. The first-order valence-corrected chi connectivity index (χ1v) is 7.75. The highest BCUT2D eigenvalue weighted by molar-refractivity contribution is 6.31. The fourth-order valence-electron chi connectivity index (χ4n) is 2.25. The van der Waals surface area contributed by atoms with Gasteiger partial charge in [-0.1, -0.05) is 47.5 Å². The van der Waals surface area contributed by atoms with Gasteiger partial charge in [0, 0.05) is 30.2 Å². The average molecular weight is 317 g/mol. The molecule has 3 nitrogen and oxygen atoms in total. The lowest BCUT2D eigenvalue weighted by molar-refractivity contribution is -0.121. The largest absolute Gasteiger partial charge is 0.384 e. The number of hydrogen-bond acceptors (Lipinski definition) is 2. The van der Waals surface area contributed by atoms with Crippen LogP contribution in [0.4, 0.5) is 5.69 Å². The molecule has 0 heterocycles. The zero-order valence-corrected chi connectivity index (χ0v) is 13.7. The Morgan fingerprint density at radius 2 is 1.91 bits per heavy atom. The van der Waals surface area contributed by atoms with Gasteiger partial charge in [0.1, 0.15) is 0 Å². The van der Waals surface area contributed by atoms with E-state index in [4.69, 9.17) is 11.6 Å². The maximum Gasteiger partial charge on any atom is 0.222 e. The number of nitrogens with one attached hydrogen (secondary N) is 2. The maximum absolute atomic E-state index is 11.9. The standard InChI is InChI=1S/C18H21ClN2O/c1-13-7-8-17(14(2)11-13)20-10-9-18(22)21-12-15-5-3-4-6-16(15)19/h3-8,11,20H,9-10,12H2,1-2H3,(H,21,22). The number of carbonyl (C=O) groups excluding carboxylic acids is 1. The van der Waals surface area contributed by atoms with E-state index in [1.54, 1.807) is 0 Å². The van der Waals surface area contributed by atoms with Crippen LogP contribution in [0.15, 0.2) is 42.5 Å². The minimum absolute atomic E-state index is 0.0113. The molecular weight excluding hydrogens is 296 g/mol. The first-order chi connectivity index (χ1) is 10.6. The lowest BCUT2D eigenvalue weighted by Crippen LogP contribution is -2.25. The van der Waals surface area contributed by atoms with Gasteiger partial charge in [0.05, 0.1) is 0 Å². The molecule has 2 aromatic rings. The molecule has 116 valence electrons. The van der Waals surface area contributed by atoms with Gasteiger partial charge >= 0.3 is 0 Å². The molecular formula is C18H21ClN2O. The Kier molecular flexibility index (Phi) is 5.84. The molecule has 2 aromatic carbocycles. The predicted octanol–water partition coefficient (Wildman–Crippen LogP) is 4.08. The third-order valence-electron chi connectivity index (χ3n) is 3.48. The van der Waals surface area contributed by atoms with E-state index in [1.165, 1.54) is 11.1 Å². The van der Waals surface area contributed by atoms with Crippen molar-refractivity contribution < 1.29 is 4.79 Å². The molecule has 1 amide bonds. The molecule has 0 saturated carbocycles. The van der Waals surface area contributed by atoms with Crippen LogP contribution in [0.3, 0.4) is 0 Å². The predicted molar refractivity (Wildman–Crippen MR) is 92.3 cm³/mol. The van der Waals surface area contributed by atoms with Crippen molar-refractivity contribution in [1.82, 2.24) is 5.32 Å². The van der Waals surface area contributed by atoms with Gasteiger partial charge in [-0.2, -0.15) is 0 Å². The summed E-state index contributed by atoms with van der Waals surface area (Å²) in [5.41, 5.74) is 4.43. The molecule has 0 fully saturated rings. The summed E-state index contributed by atoms with van der Waals surface area (Å²) in [5, 5.41) is 6.86. The Bertz CT molecular complexity index is 655. The molecule has 2 rings (SSSR count). The zero-order valence-electron chi connectivity index (χ0n) is 12.9. The normalized spacial score (nSPS) is 10.3. The highest BCUT2D eigenvalue weighted by Crippen LogP contribution is 2.16. The van der Waals surface area contributed by atoms with Gasteiger partial charge in [-0.25, -0.2) is 0 Å². The highest BCUT2D eigenvalue weighted by Gasteiger charge is 2.04. The molecule has 0 radical (unpaired) electrons. The van der Waals surface area contributed by atoms with Crippen LogP contribution < -0.4 is 10.6 Å². The molecule has 0 spiro atoms. The van der Waals surface area contributed by atoms with E-state index in [0.29, 0.717) is 24.5 Å². The van der Waals surface area contributed by atoms with Crippen molar-refractivity contribution in [2.75, 3.05) is 11.9 Å². The Morgan fingerprint density at radius 1 is 1.14 bits per heavy atom. The molecule has 2 N–H and O–H groups in total. The second kappa shape index (κ2) is 7.85. The molecule has 0 aromatic heterocycles. The fourth-order valence-corrected chi connectivity index (χ4v) is 2.45. The summed E-state index contributed by atoms with van der Waals surface area (Å²) in [6, 6.07) is 13.8. The van der Waals surface area contributed by atoms with Gasteiger partial charge < -0.3 is 10.6 Å². The summed E-state index contributed by atoms with van der Waals surface area (Å²) in [4.78, 5) is 11.9. The number of rotatable bonds is 6. The number of carbonyl (C=O) groups is 1. The fraction of sp³-hybridized carbons (Fsp3) is 0.278. The van der Waals surface area contributed by atoms with E-state index < -0.39 is 0 Å². The van der Waals surface area contributed by atoms with Crippen LogP contribution in [0.1, 0.15) is 23.1 Å². The molecule has 4 heteroatoms. The zero-order chi connectivity index (χ0) is 15.9. The minimum Gasteiger partial charge on any atom is -0.384 e. The first kappa shape index (κ1) is 16.4. The molecule has 0 saturated heterocycles. The number of amides is 1. The van der Waals surface area contributed by atoms with Gasteiger partial charge in [-0.15, -0.1) is 0 Å². The van der Waals surface area contributed by atoms with Crippen LogP contribution >= 0.6 is 11.6 Å². The first-order valence-electron chi connectivity index (χ1n) is 7.37. The Labute approximate surface area is 136 Å². The van der Waals surface area contributed by atoms with Crippen molar-refractivity contribution in [2.24, 2.45) is 0 Å². The van der Waals surface area contributed by atoms with Crippen molar-refractivity contribution in [3.63, 3.8) is 0 Å². The Balaban J connectivity index is 1.75. The van der Waals surface area contributed by atoms with Crippen LogP contribution in [0.5, 0.6) is 0 Å². The van der Waals surface area contributed by atoms with Gasteiger partial charge in [0.2, 0.25) is 5.91 Å². The summed E-state index contributed by atoms with van der Waals surface area (Å²) in [6.07, 6.45) is 0.428. The van der Waals surface area contributed by atoms with Gasteiger partial charge in [-0.3, -0.25) is 4.79 Å². The van der Waals surface area contributed by atoms with E-state index in [0.717, 1.165) is 11.3 Å². The van der Waals surface area contributed by atoms with Crippen LogP contribution in [0.2, 0.25) is 5.02 Å². The van der Waals surface area contributed by atoms with Crippen LogP contribution in [0, 0.1) is 13.8 Å². The number of halogens is 1. The molecule has 0 unspecified atom stereocenters. The third kappa shape index (κ3) is 4.78. The summed E-state index contributed by atoms with van der Waals surface area (Å²) < 4.78 is 0. The van der Waals surface area contributed by atoms with E-state index in [1.807, 2.05) is 30.3 Å². The number of hydrogen-bond donors (Lipinski definition) is 2. The molecule has 0 atom stereocenters. The molecule has 0 aliphatic heterocycles. The van der Waals surface area contributed by atoms with Crippen molar-refractivity contribution in [3.8, 4) is 0 Å². The van der Waals surface area contributed by atoms with Crippen molar-refractivity contribution in [2.45, 2.75) is 26.8 Å². The lowest BCUT2D eigenvalue weighted by atomic mass is 10.1. The van der Waals surface area contributed by atoms with Crippen LogP contribution in [-0.2, 0) is 11.3 Å². The highest BCUT2D eigenvalue weighted by atomic mass is 35.5. The number of anilines is 1. The van der Waals surface area contributed by atoms with Crippen molar-refractivity contribution in [3.05, 3.63) is 64.2 Å². The van der Waals surface area contributed by atoms with E-state index >= 15 is 0 Å². The Morgan fingerprint density at radius 3 is 2.64 bits per heavy atom. The second-order valence-corrected chi connectivity index (χ2v) is 5.77. The van der Waals surface area contributed by atoms with E-state index in [-0.39, 0.29) is 5.91 Å². The lowest BCUT2D eigenvalue weighted by Gasteiger charge is -2.11. The topological polar surface area (TPSA) is 41.1 Å². The SMILES string of the molecule is Cc1ccc(NCCC(=O)NCc2ccccc2Cl)c(C)c1. The van der Waals surface area contributed by atoms with Crippen molar-refractivity contribution >= 4 is 23.2 Å². The Hall–Kier alpha value is -2.00. The average Bonchev–Trinajstić information content (AvgIpc) is 2.49. The summed E-state index contributed by atoms with van der Waals surface area (Å²) in [5.74, 6) is 0.0113. The minimum atomic E-state index is 0.0113. The quantitative estimate of drug-likeness (QED) is 0.843. The smallest absolute Gasteiger partial charge is 0.222 e. The third-order valence-corrected chi connectivity index (χ3v) is 3.85. The van der Waals surface area contributed by atoms with Crippen LogP contribution in [-0.4, -0.2) is 12.5 Å². The summed E-state index contributed by atoms with van der Waals surface area (Å²) >= 11 is 6.06. The molecule has 0 aliphatic rings. The van der Waals surface area contributed by atoms with Crippen LogP contribution in [0.25, 0.3) is 0 Å². The van der Waals surface area contributed by atoms with Gasteiger partial charge in [0.15, 0.2) is 0 Å². The summed E-state index contributed by atoms with van der Waals surface area (Å²) in [6.45, 7) is 5.20. The summed E-state index contributed by atoms with van der Waals surface area (Å²) in [7, 11) is 0. The molecule has 0 bridgehead atoms.